The molecule has 3 aromatic rings. The Morgan fingerprint density at radius 2 is 2.03 bits per heavy atom. The molecule has 0 aromatic carbocycles. The lowest BCUT2D eigenvalue weighted by Gasteiger charge is -2.28. The van der Waals surface area contributed by atoms with Gasteiger partial charge in [-0.1, -0.05) is 0 Å². The highest BCUT2D eigenvalue weighted by atomic mass is 19.4. The fraction of sp³-hybridized carbons (Fsp3) is 0.350. The van der Waals surface area contributed by atoms with Crippen molar-refractivity contribution in [3.8, 4) is 11.6 Å². The molecule has 1 unspecified atom stereocenters. The Kier molecular flexibility index (Phi) is 5.10. The minimum Gasteiger partial charge on any atom is -0.490 e. The zero-order valence-corrected chi connectivity index (χ0v) is 16.3. The van der Waals surface area contributed by atoms with Crippen molar-refractivity contribution in [1.82, 2.24) is 9.66 Å². The van der Waals surface area contributed by atoms with Gasteiger partial charge in [-0.25, -0.2) is 4.98 Å². The molecule has 0 saturated carbocycles. The molecule has 0 amide bonds. The molecule has 10 heteroatoms. The van der Waals surface area contributed by atoms with Gasteiger partial charge in [0, 0.05) is 19.4 Å². The van der Waals surface area contributed by atoms with Crippen molar-refractivity contribution in [2.45, 2.75) is 18.1 Å². The van der Waals surface area contributed by atoms with E-state index in [1.54, 1.807) is 30.1 Å². The van der Waals surface area contributed by atoms with Crippen LogP contribution in [0.4, 0.5) is 13.2 Å². The largest absolute Gasteiger partial charge is 0.490 e. The van der Waals surface area contributed by atoms with Crippen LogP contribution in [0.2, 0.25) is 0 Å². The molecule has 1 N–H and O–H groups in total. The van der Waals surface area contributed by atoms with Gasteiger partial charge in [0.15, 0.2) is 0 Å². The summed E-state index contributed by atoms with van der Waals surface area (Å²) < 4.78 is 61.5. The predicted octanol–water partition coefficient (Wildman–Crippen LogP) is 3.57. The fourth-order valence-corrected chi connectivity index (χ4v) is 3.59. The van der Waals surface area contributed by atoms with Crippen LogP contribution in [-0.4, -0.2) is 37.1 Å². The van der Waals surface area contributed by atoms with E-state index >= 15 is 0 Å². The lowest BCUT2D eigenvalue weighted by atomic mass is 9.83. The van der Waals surface area contributed by atoms with Crippen LogP contribution in [0, 0.1) is 0 Å². The van der Waals surface area contributed by atoms with E-state index in [9.17, 15) is 13.2 Å². The first-order valence-electron chi connectivity index (χ1n) is 9.12. The number of nitrogens with zero attached hydrogens (tertiary/aromatic N) is 2. The molecule has 0 radical (unpaired) electrons. The molecule has 4 rings (SSSR count). The molecule has 30 heavy (non-hydrogen) atoms. The third kappa shape index (κ3) is 3.47. The number of halogens is 3. The molecule has 1 aliphatic rings. The molecule has 3 aromatic heterocycles. The van der Waals surface area contributed by atoms with Gasteiger partial charge in [0.2, 0.25) is 11.6 Å². The van der Waals surface area contributed by atoms with E-state index in [0.717, 1.165) is 11.8 Å². The number of fused-ring (bicyclic) bond motifs is 1. The van der Waals surface area contributed by atoms with E-state index in [2.05, 4.69) is 10.4 Å². The van der Waals surface area contributed by atoms with Crippen LogP contribution in [0.3, 0.4) is 0 Å². The van der Waals surface area contributed by atoms with Gasteiger partial charge < -0.3 is 24.1 Å². The quantitative estimate of drug-likeness (QED) is 0.627. The second kappa shape index (κ2) is 7.60. The summed E-state index contributed by atoms with van der Waals surface area (Å²) in [6.45, 7) is 0.631. The van der Waals surface area contributed by atoms with E-state index in [-0.39, 0.29) is 18.9 Å². The third-order valence-electron chi connectivity index (χ3n) is 4.96. The lowest BCUT2D eigenvalue weighted by Crippen LogP contribution is -2.39. The number of hydrogen-bond donors (Lipinski definition) is 1. The molecule has 0 saturated heterocycles. The fourth-order valence-electron chi connectivity index (χ4n) is 3.59. The van der Waals surface area contributed by atoms with Crippen LogP contribution >= 0.6 is 0 Å². The molecule has 1 aliphatic heterocycles. The van der Waals surface area contributed by atoms with Crippen LogP contribution < -0.4 is 14.9 Å². The lowest BCUT2D eigenvalue weighted by molar-refractivity contribution is -0.153. The monoisotopic (exact) mass is 423 g/mol. The predicted molar refractivity (Wildman–Crippen MR) is 100 cm³/mol. The van der Waals surface area contributed by atoms with Crippen molar-refractivity contribution < 1.29 is 31.8 Å². The normalized spacial score (nSPS) is 18.2. The Bertz CT molecular complexity index is 1030. The Labute approximate surface area is 170 Å². The number of pyridine rings is 1. The summed E-state index contributed by atoms with van der Waals surface area (Å²) in [4.78, 5) is 4.58. The number of aromatic nitrogens is 2. The van der Waals surface area contributed by atoms with Gasteiger partial charge in [-0.3, -0.25) is 4.68 Å². The Morgan fingerprint density at radius 3 is 2.73 bits per heavy atom. The Morgan fingerprint density at radius 1 is 1.20 bits per heavy atom. The van der Waals surface area contributed by atoms with Crippen LogP contribution in [0.15, 0.2) is 47.0 Å². The number of alkyl halides is 3. The zero-order chi connectivity index (χ0) is 21.4. The van der Waals surface area contributed by atoms with Crippen molar-refractivity contribution in [2.75, 3.05) is 32.9 Å². The molecular formula is C20H20F3N3O4. The summed E-state index contributed by atoms with van der Waals surface area (Å²) in [6, 6.07) is 9.42. The molecule has 0 spiro atoms. The van der Waals surface area contributed by atoms with Crippen LogP contribution in [0.25, 0.3) is 0 Å². The molecular weight excluding hydrogens is 403 g/mol. The first-order chi connectivity index (χ1) is 14.4. The summed E-state index contributed by atoms with van der Waals surface area (Å²) in [6.07, 6.45) is -2.76. The van der Waals surface area contributed by atoms with Crippen LogP contribution in [0.1, 0.15) is 22.9 Å². The minimum atomic E-state index is -4.52. The SMILES string of the molecule is COCC1(c2cccn2NCc2ccc(C(F)(F)F)o2)COc2ccc(OC)nc21. The van der Waals surface area contributed by atoms with Crippen molar-refractivity contribution in [1.29, 1.82) is 0 Å². The zero-order valence-electron chi connectivity index (χ0n) is 16.3. The molecule has 0 bridgehead atoms. The Hall–Kier alpha value is -3.14. The maximum absolute atomic E-state index is 12.8. The van der Waals surface area contributed by atoms with Crippen LogP contribution in [-0.2, 0) is 22.9 Å². The van der Waals surface area contributed by atoms with Gasteiger partial charge >= 0.3 is 6.18 Å². The molecule has 1 atom stereocenters. The number of methoxy groups -OCH3 is 2. The number of furan rings is 1. The highest BCUT2D eigenvalue weighted by Crippen LogP contribution is 2.43. The second-order valence-electron chi connectivity index (χ2n) is 6.87. The van der Waals surface area contributed by atoms with Crippen molar-refractivity contribution in [3.05, 3.63) is 65.5 Å². The first kappa shape index (κ1) is 20.1. The van der Waals surface area contributed by atoms with Crippen molar-refractivity contribution in [3.63, 3.8) is 0 Å². The summed E-state index contributed by atoms with van der Waals surface area (Å²) >= 11 is 0. The second-order valence-corrected chi connectivity index (χ2v) is 6.87. The number of nitrogens with one attached hydrogen (secondary N) is 1. The summed E-state index contributed by atoms with van der Waals surface area (Å²) in [5, 5.41) is 0. The van der Waals surface area contributed by atoms with E-state index in [0.29, 0.717) is 23.9 Å². The van der Waals surface area contributed by atoms with Crippen LogP contribution in [0.5, 0.6) is 11.6 Å². The maximum atomic E-state index is 12.8. The number of ether oxygens (including phenoxy) is 3. The molecule has 0 fully saturated rings. The van der Waals surface area contributed by atoms with E-state index in [4.69, 9.17) is 18.6 Å². The summed E-state index contributed by atoms with van der Waals surface area (Å²) in [5.74, 6) is 0.199. The molecule has 160 valence electrons. The standard InChI is InChI=1S/C20H20F3N3O4/c1-27-11-19(12-29-14-6-8-17(28-2)25-18(14)19)15-4-3-9-26(15)24-10-13-5-7-16(30-13)20(21,22)23/h3-9,24H,10-12H2,1-2H3. The van der Waals surface area contributed by atoms with Gasteiger partial charge in [-0.2, -0.15) is 13.2 Å². The van der Waals surface area contributed by atoms with Gasteiger partial charge in [0.25, 0.3) is 0 Å². The average molecular weight is 423 g/mol. The first-order valence-corrected chi connectivity index (χ1v) is 9.12. The minimum absolute atomic E-state index is 0.0556. The number of hydrogen-bond acceptors (Lipinski definition) is 6. The summed E-state index contributed by atoms with van der Waals surface area (Å²) in [5.41, 5.74) is 3.81. The van der Waals surface area contributed by atoms with Crippen molar-refractivity contribution in [2.24, 2.45) is 0 Å². The number of rotatable bonds is 7. The Balaban J connectivity index is 1.64. The van der Waals surface area contributed by atoms with E-state index < -0.39 is 17.4 Å². The summed E-state index contributed by atoms with van der Waals surface area (Å²) in [7, 11) is 3.12. The molecule has 0 aliphatic carbocycles. The highest BCUT2D eigenvalue weighted by Gasteiger charge is 2.46. The van der Waals surface area contributed by atoms with Gasteiger partial charge in [0.05, 0.1) is 26.0 Å². The maximum Gasteiger partial charge on any atom is 0.449 e. The van der Waals surface area contributed by atoms with Gasteiger partial charge in [-0.05, 0) is 30.3 Å². The third-order valence-corrected chi connectivity index (χ3v) is 4.96. The molecule has 7 nitrogen and oxygen atoms in total. The topological polar surface area (TPSA) is 70.7 Å². The smallest absolute Gasteiger partial charge is 0.449 e. The highest BCUT2D eigenvalue weighted by molar-refractivity contribution is 5.47. The van der Waals surface area contributed by atoms with E-state index in [1.807, 2.05) is 12.1 Å². The van der Waals surface area contributed by atoms with Gasteiger partial charge in [-0.15, -0.1) is 0 Å². The van der Waals surface area contributed by atoms with E-state index in [1.165, 1.54) is 13.2 Å². The van der Waals surface area contributed by atoms with Crippen molar-refractivity contribution >= 4 is 0 Å². The molecule has 4 heterocycles. The average Bonchev–Trinajstić information content (AvgIpc) is 3.45. The van der Waals surface area contributed by atoms with Gasteiger partial charge in [0.1, 0.15) is 29.2 Å².